The zero-order valence-corrected chi connectivity index (χ0v) is 11.8. The molecule has 0 aliphatic carbocycles. The summed E-state index contributed by atoms with van der Waals surface area (Å²) in [6, 6.07) is 7.07. The van der Waals surface area contributed by atoms with Gasteiger partial charge in [0.25, 0.3) is 0 Å². The zero-order valence-electron chi connectivity index (χ0n) is 11.1. The molecule has 0 aliphatic heterocycles. The average molecular weight is 307 g/mol. The van der Waals surface area contributed by atoms with E-state index in [9.17, 15) is 14.9 Å². The van der Waals surface area contributed by atoms with Crippen molar-refractivity contribution in [2.45, 2.75) is 13.3 Å². The summed E-state index contributed by atoms with van der Waals surface area (Å²) < 4.78 is 5.42. The van der Waals surface area contributed by atoms with Crippen LogP contribution in [0.25, 0.3) is 0 Å². The van der Waals surface area contributed by atoms with Crippen molar-refractivity contribution in [1.29, 1.82) is 0 Å². The van der Waals surface area contributed by atoms with Gasteiger partial charge in [-0.25, -0.2) is 4.98 Å². The Hall–Kier alpha value is -2.47. The minimum Gasteiger partial charge on any atom is -0.448 e. The molecule has 0 N–H and O–H groups in total. The van der Waals surface area contributed by atoms with Gasteiger partial charge in [-0.3, -0.25) is 14.9 Å². The molecule has 1 aromatic carbocycles. The minimum absolute atomic E-state index is 0.0175. The summed E-state index contributed by atoms with van der Waals surface area (Å²) in [6.45, 7) is 1.74. The molecule has 2 rings (SSSR count). The van der Waals surface area contributed by atoms with Crippen molar-refractivity contribution in [3.63, 3.8) is 0 Å². The number of rotatable bonds is 5. The third-order valence-electron chi connectivity index (χ3n) is 2.69. The molecule has 2 aromatic rings. The van der Waals surface area contributed by atoms with Crippen molar-refractivity contribution in [3.05, 3.63) is 57.4 Å². The molecule has 0 fully saturated rings. The number of aromatic nitrogens is 1. The normalized spacial score (nSPS) is 10.2. The van der Waals surface area contributed by atoms with Gasteiger partial charge in [0.2, 0.25) is 5.75 Å². The number of halogens is 1. The second-order valence-electron chi connectivity index (χ2n) is 4.13. The maximum absolute atomic E-state index is 11.5. The van der Waals surface area contributed by atoms with E-state index in [1.165, 1.54) is 36.5 Å². The first kappa shape index (κ1) is 14.9. The first-order valence-electron chi connectivity index (χ1n) is 6.12. The first-order valence-corrected chi connectivity index (χ1v) is 6.50. The van der Waals surface area contributed by atoms with Crippen molar-refractivity contribution >= 4 is 23.1 Å². The Labute approximate surface area is 125 Å². The summed E-state index contributed by atoms with van der Waals surface area (Å²) in [5.74, 6) is 0.215. The highest BCUT2D eigenvalue weighted by molar-refractivity contribution is 6.30. The van der Waals surface area contributed by atoms with E-state index < -0.39 is 4.92 Å². The second-order valence-corrected chi connectivity index (χ2v) is 4.56. The summed E-state index contributed by atoms with van der Waals surface area (Å²) in [5.41, 5.74) is 0.124. The van der Waals surface area contributed by atoms with Crippen LogP contribution in [0.3, 0.4) is 0 Å². The lowest BCUT2D eigenvalue weighted by molar-refractivity contribution is -0.385. The lowest BCUT2D eigenvalue weighted by Gasteiger charge is -2.06. The molecule has 7 heteroatoms. The van der Waals surface area contributed by atoms with Gasteiger partial charge in [0.05, 0.1) is 11.1 Å². The number of ether oxygens (including phenoxy) is 1. The van der Waals surface area contributed by atoms with Crippen molar-refractivity contribution in [1.82, 2.24) is 4.98 Å². The molecule has 0 unspecified atom stereocenters. The van der Waals surface area contributed by atoms with E-state index in [0.29, 0.717) is 17.1 Å². The van der Waals surface area contributed by atoms with E-state index in [2.05, 4.69) is 4.98 Å². The van der Waals surface area contributed by atoms with E-state index in [1.807, 2.05) is 0 Å². The number of hydrogen-bond donors (Lipinski definition) is 0. The van der Waals surface area contributed by atoms with Crippen LogP contribution in [0.2, 0.25) is 5.02 Å². The Kier molecular flexibility index (Phi) is 4.49. The van der Waals surface area contributed by atoms with Gasteiger partial charge in [0.15, 0.2) is 5.78 Å². The number of carbonyl (C=O) groups is 1. The SMILES string of the molecule is CCC(=O)c1ccc(Oc2cc(Cl)ccc2[N+](=O)[O-])cn1. The summed E-state index contributed by atoms with van der Waals surface area (Å²) in [4.78, 5) is 25.8. The molecule has 0 saturated heterocycles. The molecule has 0 amide bonds. The molecular weight excluding hydrogens is 296 g/mol. The lowest BCUT2D eigenvalue weighted by atomic mass is 10.2. The fraction of sp³-hybridized carbons (Fsp3) is 0.143. The van der Waals surface area contributed by atoms with Gasteiger partial charge >= 0.3 is 5.69 Å². The highest BCUT2D eigenvalue weighted by Crippen LogP contribution is 2.33. The molecule has 0 atom stereocenters. The fourth-order valence-electron chi connectivity index (χ4n) is 1.63. The minimum atomic E-state index is -0.561. The molecule has 0 bridgehead atoms. The number of nitro benzene ring substituents is 1. The second kappa shape index (κ2) is 6.32. The monoisotopic (exact) mass is 306 g/mol. The van der Waals surface area contributed by atoms with Crippen molar-refractivity contribution in [2.75, 3.05) is 0 Å². The fourth-order valence-corrected chi connectivity index (χ4v) is 1.80. The number of nitro groups is 1. The standard InChI is InChI=1S/C14H11ClN2O4/c1-2-13(18)11-5-4-10(8-16-11)21-14-7-9(15)3-6-12(14)17(19)20/h3-8H,2H2,1H3. The lowest BCUT2D eigenvalue weighted by Crippen LogP contribution is -2.00. The van der Waals surface area contributed by atoms with Crippen LogP contribution in [0.15, 0.2) is 36.5 Å². The predicted octanol–water partition coefficient (Wildman–Crippen LogP) is 4.03. The summed E-state index contributed by atoms with van der Waals surface area (Å²) in [5, 5.41) is 11.2. The van der Waals surface area contributed by atoms with Crippen LogP contribution in [-0.2, 0) is 0 Å². The number of hydrogen-bond acceptors (Lipinski definition) is 5. The number of carbonyl (C=O) groups excluding carboxylic acids is 1. The topological polar surface area (TPSA) is 82.3 Å². The molecule has 0 aliphatic rings. The Morgan fingerprint density at radius 2 is 2.14 bits per heavy atom. The quantitative estimate of drug-likeness (QED) is 0.473. The number of nitrogens with zero attached hydrogens (tertiary/aromatic N) is 2. The Morgan fingerprint density at radius 3 is 2.71 bits per heavy atom. The van der Waals surface area contributed by atoms with Gasteiger partial charge in [-0.05, 0) is 18.2 Å². The number of Topliss-reactive ketones (excluding diaryl/α,β-unsaturated/α-hetero) is 1. The molecule has 1 heterocycles. The van der Waals surface area contributed by atoms with Gasteiger partial charge in [-0.15, -0.1) is 0 Å². The molecule has 0 radical (unpaired) electrons. The van der Waals surface area contributed by atoms with Crippen LogP contribution < -0.4 is 4.74 Å². The predicted molar refractivity (Wildman–Crippen MR) is 77.0 cm³/mol. The van der Waals surface area contributed by atoms with Gasteiger partial charge < -0.3 is 4.74 Å². The smallest absolute Gasteiger partial charge is 0.311 e. The summed E-state index contributed by atoms with van der Waals surface area (Å²) >= 11 is 5.81. The molecule has 108 valence electrons. The van der Waals surface area contributed by atoms with Crippen LogP contribution in [0.5, 0.6) is 11.5 Å². The van der Waals surface area contributed by atoms with Crippen molar-refractivity contribution in [2.24, 2.45) is 0 Å². The molecule has 21 heavy (non-hydrogen) atoms. The Bertz CT molecular complexity index is 686. The maximum atomic E-state index is 11.5. The summed E-state index contributed by atoms with van der Waals surface area (Å²) in [6.07, 6.45) is 1.69. The average Bonchev–Trinajstić information content (AvgIpc) is 2.47. The van der Waals surface area contributed by atoms with E-state index >= 15 is 0 Å². The Balaban J connectivity index is 2.28. The largest absolute Gasteiger partial charge is 0.448 e. The van der Waals surface area contributed by atoms with Gasteiger partial charge in [0.1, 0.15) is 11.4 Å². The van der Waals surface area contributed by atoms with E-state index in [1.54, 1.807) is 6.92 Å². The van der Waals surface area contributed by atoms with E-state index in [-0.39, 0.29) is 23.0 Å². The molecule has 0 saturated carbocycles. The zero-order chi connectivity index (χ0) is 15.4. The van der Waals surface area contributed by atoms with Crippen LogP contribution in [-0.4, -0.2) is 15.7 Å². The molecule has 1 aromatic heterocycles. The van der Waals surface area contributed by atoms with Crippen molar-refractivity contribution < 1.29 is 14.5 Å². The van der Waals surface area contributed by atoms with E-state index in [4.69, 9.17) is 16.3 Å². The van der Waals surface area contributed by atoms with E-state index in [0.717, 1.165) is 0 Å². The van der Waals surface area contributed by atoms with Gasteiger partial charge in [-0.2, -0.15) is 0 Å². The highest BCUT2D eigenvalue weighted by Gasteiger charge is 2.16. The van der Waals surface area contributed by atoms with Gasteiger partial charge in [0, 0.05) is 23.6 Å². The first-order chi connectivity index (χ1) is 10.0. The van der Waals surface area contributed by atoms with Crippen LogP contribution in [0, 0.1) is 10.1 Å². The number of benzene rings is 1. The van der Waals surface area contributed by atoms with Crippen LogP contribution >= 0.6 is 11.6 Å². The van der Waals surface area contributed by atoms with Gasteiger partial charge in [-0.1, -0.05) is 18.5 Å². The van der Waals surface area contributed by atoms with Crippen LogP contribution in [0.1, 0.15) is 23.8 Å². The third kappa shape index (κ3) is 3.55. The Morgan fingerprint density at radius 1 is 1.38 bits per heavy atom. The number of pyridine rings is 1. The third-order valence-corrected chi connectivity index (χ3v) is 2.92. The maximum Gasteiger partial charge on any atom is 0.311 e. The summed E-state index contributed by atoms with van der Waals surface area (Å²) in [7, 11) is 0. The molecule has 6 nitrogen and oxygen atoms in total. The molecule has 0 spiro atoms. The number of ketones is 1. The van der Waals surface area contributed by atoms with Crippen LogP contribution in [0.4, 0.5) is 5.69 Å². The molecular formula is C14H11ClN2O4. The highest BCUT2D eigenvalue weighted by atomic mass is 35.5. The van der Waals surface area contributed by atoms with Crippen molar-refractivity contribution in [3.8, 4) is 11.5 Å².